The fraction of sp³-hybridized carbons (Fsp3) is 0.571. The van der Waals surface area contributed by atoms with Gasteiger partial charge in [0.05, 0.1) is 32.1 Å². The van der Waals surface area contributed by atoms with Gasteiger partial charge in [0.25, 0.3) is 0 Å². The maximum absolute atomic E-state index is 12.5. The summed E-state index contributed by atoms with van der Waals surface area (Å²) in [5.41, 5.74) is 4.31. The van der Waals surface area contributed by atoms with Crippen molar-refractivity contribution in [3.05, 3.63) is 50.8 Å². The Labute approximate surface area is 189 Å². The van der Waals surface area contributed by atoms with Crippen LogP contribution in [0.2, 0.25) is 10.0 Å². The first-order valence-corrected chi connectivity index (χ1v) is 12.6. The van der Waals surface area contributed by atoms with Crippen LogP contribution in [0.4, 0.5) is 0 Å². The zero-order valence-electron chi connectivity index (χ0n) is 18.3. The highest BCUT2D eigenvalue weighted by atomic mass is 35.5. The fourth-order valence-corrected chi connectivity index (χ4v) is 5.19. The molecule has 0 saturated heterocycles. The predicted molar refractivity (Wildman–Crippen MR) is 122 cm³/mol. The Bertz CT molecular complexity index is 856. The largest absolute Gasteiger partial charge is 0.367 e. The van der Waals surface area contributed by atoms with E-state index in [1.165, 1.54) is 0 Å². The molecule has 1 aromatic carbocycles. The fourth-order valence-electron chi connectivity index (χ4n) is 3.26. The van der Waals surface area contributed by atoms with Gasteiger partial charge in [0, 0.05) is 27.7 Å². The molecule has 1 aromatic heterocycles. The lowest BCUT2D eigenvalue weighted by atomic mass is 9.98. The van der Waals surface area contributed by atoms with Gasteiger partial charge < -0.3 is 13.8 Å². The highest BCUT2D eigenvalue weighted by molar-refractivity contribution is 7.53. The predicted octanol–water partition coefficient (Wildman–Crippen LogP) is 6.45. The van der Waals surface area contributed by atoms with Crippen molar-refractivity contribution in [1.29, 1.82) is 0 Å². The molecule has 0 N–H and O–H groups in total. The van der Waals surface area contributed by atoms with E-state index in [1.807, 2.05) is 23.7 Å². The van der Waals surface area contributed by atoms with Crippen LogP contribution in [-0.2, 0) is 31.3 Å². The molecule has 6 nitrogen and oxygen atoms in total. The Hall–Kier alpha value is -0.880. The average Bonchev–Trinajstić information content (AvgIpc) is 2.95. The second kappa shape index (κ2) is 11.7. The van der Waals surface area contributed by atoms with Gasteiger partial charge in [-0.2, -0.15) is 5.10 Å². The van der Waals surface area contributed by atoms with E-state index < -0.39 is 7.60 Å². The van der Waals surface area contributed by atoms with Gasteiger partial charge in [0.2, 0.25) is 0 Å². The molecular weight excluding hydrogens is 446 g/mol. The quantitative estimate of drug-likeness (QED) is 0.260. The number of ether oxygens (including phenoxy) is 1. The topological polar surface area (TPSA) is 62.6 Å². The molecule has 0 amide bonds. The van der Waals surface area contributed by atoms with Gasteiger partial charge in [-0.1, -0.05) is 37.0 Å². The Balaban J connectivity index is 2.10. The number of rotatable bonds is 12. The smallest absolute Gasteiger partial charge is 0.356 e. The molecule has 0 spiro atoms. The first-order chi connectivity index (χ1) is 14.2. The van der Waals surface area contributed by atoms with Crippen LogP contribution in [0.1, 0.15) is 56.1 Å². The molecular formula is C21H31Cl2N2O4P. The number of hydrogen-bond acceptors (Lipinski definition) is 5. The lowest BCUT2D eigenvalue weighted by molar-refractivity contribution is 0.124. The average molecular weight is 477 g/mol. The number of benzene rings is 1. The molecule has 2 aromatic rings. The van der Waals surface area contributed by atoms with Crippen molar-refractivity contribution in [3.63, 3.8) is 0 Å². The van der Waals surface area contributed by atoms with Gasteiger partial charge in [-0.15, -0.1) is 0 Å². The summed E-state index contributed by atoms with van der Waals surface area (Å²) >= 11 is 12.3. The van der Waals surface area contributed by atoms with Crippen molar-refractivity contribution < 1.29 is 18.3 Å². The minimum absolute atomic E-state index is 0.0695. The SMILES string of the molecule is CCOP(=O)(COCCn1nc(C(C)C)c(Cc2cc(Cl)cc(Cl)c2)c1C)OCC. The van der Waals surface area contributed by atoms with Crippen LogP contribution in [0.15, 0.2) is 18.2 Å². The van der Waals surface area contributed by atoms with Gasteiger partial charge >= 0.3 is 7.60 Å². The molecule has 0 radical (unpaired) electrons. The maximum Gasteiger partial charge on any atom is 0.356 e. The van der Waals surface area contributed by atoms with E-state index in [2.05, 4.69) is 13.8 Å². The number of nitrogens with zero attached hydrogens (tertiary/aromatic N) is 2. The highest BCUT2D eigenvalue weighted by Crippen LogP contribution is 2.47. The van der Waals surface area contributed by atoms with E-state index in [0.717, 1.165) is 22.5 Å². The zero-order chi connectivity index (χ0) is 22.3. The Morgan fingerprint density at radius 3 is 2.23 bits per heavy atom. The highest BCUT2D eigenvalue weighted by Gasteiger charge is 2.24. The minimum atomic E-state index is -3.20. The molecule has 1 heterocycles. The van der Waals surface area contributed by atoms with Crippen LogP contribution in [0.5, 0.6) is 0 Å². The zero-order valence-corrected chi connectivity index (χ0v) is 20.7. The lowest BCUT2D eigenvalue weighted by Crippen LogP contribution is -2.11. The minimum Gasteiger partial charge on any atom is -0.367 e. The summed E-state index contributed by atoms with van der Waals surface area (Å²) in [7, 11) is -3.20. The third kappa shape index (κ3) is 7.08. The first-order valence-electron chi connectivity index (χ1n) is 10.2. The van der Waals surface area contributed by atoms with E-state index in [-0.39, 0.29) is 12.3 Å². The second-order valence-electron chi connectivity index (χ2n) is 7.27. The molecule has 0 aliphatic carbocycles. The van der Waals surface area contributed by atoms with Crippen LogP contribution in [0.3, 0.4) is 0 Å². The van der Waals surface area contributed by atoms with Crippen LogP contribution < -0.4 is 0 Å². The molecule has 0 unspecified atom stereocenters. The molecule has 2 rings (SSSR count). The molecule has 0 bridgehead atoms. The summed E-state index contributed by atoms with van der Waals surface area (Å²) in [6.07, 6.45) is 0.629. The van der Waals surface area contributed by atoms with Crippen molar-refractivity contribution in [2.24, 2.45) is 0 Å². The Kier molecular flexibility index (Phi) is 9.86. The maximum atomic E-state index is 12.5. The Morgan fingerprint density at radius 2 is 1.70 bits per heavy atom. The normalized spacial score (nSPS) is 12.1. The van der Waals surface area contributed by atoms with Gasteiger partial charge in [0.15, 0.2) is 0 Å². The van der Waals surface area contributed by atoms with Crippen molar-refractivity contribution in [2.75, 3.05) is 26.2 Å². The molecule has 9 heteroatoms. The standard InChI is InChI=1S/C21H31Cl2N2O4P/c1-6-28-30(26,29-7-2)14-27-9-8-25-16(5)20(21(24-25)15(3)4)12-17-10-18(22)13-19(23)11-17/h10-11,13,15H,6-9,12,14H2,1-5H3. The van der Waals surface area contributed by atoms with E-state index >= 15 is 0 Å². The molecule has 0 saturated carbocycles. The van der Waals surface area contributed by atoms with E-state index in [1.54, 1.807) is 19.9 Å². The van der Waals surface area contributed by atoms with Crippen molar-refractivity contribution in [2.45, 2.75) is 53.5 Å². The molecule has 0 aliphatic rings. The second-order valence-corrected chi connectivity index (χ2v) is 10.1. The number of hydrogen-bond donors (Lipinski definition) is 0. The van der Waals surface area contributed by atoms with E-state index in [0.29, 0.717) is 42.8 Å². The Morgan fingerprint density at radius 1 is 1.10 bits per heavy atom. The van der Waals surface area contributed by atoms with Gasteiger partial charge in [-0.05, 0) is 50.5 Å². The number of halogens is 2. The van der Waals surface area contributed by atoms with Crippen LogP contribution in [-0.4, -0.2) is 35.9 Å². The summed E-state index contributed by atoms with van der Waals surface area (Å²) in [5.74, 6) is 0.270. The molecule has 168 valence electrons. The third-order valence-electron chi connectivity index (χ3n) is 4.56. The summed E-state index contributed by atoms with van der Waals surface area (Å²) in [6, 6.07) is 5.58. The first kappa shape index (κ1) is 25.4. The van der Waals surface area contributed by atoms with Gasteiger partial charge in [-0.25, -0.2) is 0 Å². The molecule has 0 fully saturated rings. The summed E-state index contributed by atoms with van der Waals surface area (Å²) in [5, 5.41) is 6.04. The van der Waals surface area contributed by atoms with Gasteiger partial charge in [-0.3, -0.25) is 9.25 Å². The van der Waals surface area contributed by atoms with Crippen molar-refractivity contribution in [3.8, 4) is 0 Å². The van der Waals surface area contributed by atoms with Crippen LogP contribution in [0, 0.1) is 6.92 Å². The van der Waals surface area contributed by atoms with Crippen LogP contribution >= 0.6 is 30.8 Å². The monoisotopic (exact) mass is 476 g/mol. The lowest BCUT2D eigenvalue weighted by Gasteiger charge is -2.17. The van der Waals surface area contributed by atoms with E-state index in [9.17, 15) is 4.57 Å². The van der Waals surface area contributed by atoms with Crippen LogP contribution in [0.25, 0.3) is 0 Å². The van der Waals surface area contributed by atoms with Crippen molar-refractivity contribution >= 4 is 30.8 Å². The summed E-state index contributed by atoms with van der Waals surface area (Å²) < 4.78 is 30.5. The van der Waals surface area contributed by atoms with E-state index in [4.69, 9.17) is 42.1 Å². The molecule has 0 aliphatic heterocycles. The van der Waals surface area contributed by atoms with Gasteiger partial charge in [0.1, 0.15) is 6.35 Å². The summed E-state index contributed by atoms with van der Waals surface area (Å²) in [6.45, 7) is 11.4. The molecule has 0 atom stereocenters. The molecule has 30 heavy (non-hydrogen) atoms. The van der Waals surface area contributed by atoms with Crippen molar-refractivity contribution in [1.82, 2.24) is 9.78 Å². The third-order valence-corrected chi connectivity index (χ3v) is 6.80. The number of aromatic nitrogens is 2. The summed E-state index contributed by atoms with van der Waals surface area (Å²) in [4.78, 5) is 0.